The molecule has 0 amide bonds. The Kier molecular flexibility index (Phi) is 63.6. The number of esters is 3. The van der Waals surface area contributed by atoms with Crippen LogP contribution in [0.25, 0.3) is 0 Å². The van der Waals surface area contributed by atoms with Gasteiger partial charge in [-0.15, -0.1) is 0 Å². The van der Waals surface area contributed by atoms with E-state index in [1.165, 1.54) is 250 Å². The van der Waals surface area contributed by atoms with Gasteiger partial charge in [0.05, 0.1) is 0 Å². The maximum Gasteiger partial charge on any atom is 0.306 e. The van der Waals surface area contributed by atoms with Crippen LogP contribution in [0.2, 0.25) is 0 Å². The van der Waals surface area contributed by atoms with Crippen molar-refractivity contribution in [1.82, 2.24) is 0 Å². The van der Waals surface area contributed by atoms with Crippen molar-refractivity contribution in [3.8, 4) is 0 Å². The Balaban J connectivity index is 4.17. The second kappa shape index (κ2) is 65.9. The molecule has 0 bridgehead atoms. The molecule has 1 unspecified atom stereocenters. The zero-order valence-corrected chi connectivity index (χ0v) is 51.7. The van der Waals surface area contributed by atoms with Crippen molar-refractivity contribution < 1.29 is 28.6 Å². The second-order valence-corrected chi connectivity index (χ2v) is 23.1. The average molecular weight is 1080 g/mol. The van der Waals surface area contributed by atoms with Gasteiger partial charge in [0.1, 0.15) is 13.2 Å². The Morgan fingerprint density at radius 2 is 0.481 bits per heavy atom. The minimum atomic E-state index is -0.774. The Bertz CT molecular complexity index is 1330. The van der Waals surface area contributed by atoms with Crippen LogP contribution in [0, 0.1) is 0 Å². The number of hydrogen-bond acceptors (Lipinski definition) is 6. The van der Waals surface area contributed by atoms with Gasteiger partial charge in [-0.1, -0.05) is 320 Å². The standard InChI is InChI=1S/C71H130O6/c1-4-7-10-13-16-19-22-24-26-28-30-31-32-33-34-35-36-37-38-39-41-42-44-46-49-52-55-58-61-64-70(73)76-67-68(66-75-69(72)63-60-57-54-51-48-21-18-15-12-9-6-3)77-71(74)65-62-59-56-53-50-47-45-43-40-29-27-25-23-20-17-14-11-8-5-2/h15,18,22,24,28,30,32-33,68H,4-14,16-17,19-21,23,25-27,29,31,34-67H2,1-3H3/b18-15-,24-22-,30-28-,33-32-. The summed E-state index contributed by atoms with van der Waals surface area (Å²) in [5.74, 6) is -0.859. The molecule has 0 aromatic carbocycles. The predicted molar refractivity (Wildman–Crippen MR) is 335 cm³/mol. The first-order chi connectivity index (χ1) is 38.0. The maximum atomic E-state index is 12.9. The number of ether oxygens (including phenoxy) is 3. The summed E-state index contributed by atoms with van der Waals surface area (Å²) in [5.41, 5.74) is 0. The normalized spacial score (nSPS) is 12.3. The molecule has 0 fully saturated rings. The van der Waals surface area contributed by atoms with E-state index in [2.05, 4.69) is 69.4 Å². The lowest BCUT2D eigenvalue weighted by Gasteiger charge is -2.18. The quantitative estimate of drug-likeness (QED) is 0.0261. The van der Waals surface area contributed by atoms with Gasteiger partial charge in [-0.05, 0) is 77.0 Å². The molecule has 0 aliphatic rings. The Morgan fingerprint density at radius 3 is 0.779 bits per heavy atom. The van der Waals surface area contributed by atoms with Crippen molar-refractivity contribution in [3.63, 3.8) is 0 Å². The average Bonchev–Trinajstić information content (AvgIpc) is 3.43. The first-order valence-corrected chi connectivity index (χ1v) is 34.1. The van der Waals surface area contributed by atoms with Crippen molar-refractivity contribution in [1.29, 1.82) is 0 Å². The van der Waals surface area contributed by atoms with Gasteiger partial charge in [0.2, 0.25) is 0 Å². The molecule has 0 saturated heterocycles. The summed E-state index contributed by atoms with van der Waals surface area (Å²) in [6.07, 6.45) is 82.8. The second-order valence-electron chi connectivity index (χ2n) is 23.1. The fourth-order valence-electron chi connectivity index (χ4n) is 10.1. The van der Waals surface area contributed by atoms with Crippen molar-refractivity contribution in [2.24, 2.45) is 0 Å². The molecule has 0 aliphatic heterocycles. The molecule has 450 valence electrons. The summed E-state index contributed by atoms with van der Waals surface area (Å²) in [5, 5.41) is 0. The van der Waals surface area contributed by atoms with Gasteiger partial charge < -0.3 is 14.2 Å². The summed E-state index contributed by atoms with van der Waals surface area (Å²) in [7, 11) is 0. The van der Waals surface area contributed by atoms with Crippen molar-refractivity contribution in [2.75, 3.05) is 13.2 Å². The summed E-state index contributed by atoms with van der Waals surface area (Å²) < 4.78 is 16.9. The smallest absolute Gasteiger partial charge is 0.306 e. The maximum absolute atomic E-state index is 12.9. The van der Waals surface area contributed by atoms with Gasteiger partial charge in [0, 0.05) is 19.3 Å². The van der Waals surface area contributed by atoms with E-state index in [0.29, 0.717) is 19.3 Å². The highest BCUT2D eigenvalue weighted by molar-refractivity contribution is 5.71. The fourth-order valence-corrected chi connectivity index (χ4v) is 10.1. The lowest BCUT2D eigenvalue weighted by atomic mass is 10.0. The summed E-state index contributed by atoms with van der Waals surface area (Å²) in [4.78, 5) is 38.3. The van der Waals surface area contributed by atoms with Gasteiger partial charge in [-0.2, -0.15) is 0 Å². The van der Waals surface area contributed by atoms with Crippen LogP contribution in [0.5, 0.6) is 0 Å². The third-order valence-electron chi connectivity index (χ3n) is 15.3. The number of allylic oxidation sites excluding steroid dienone is 8. The van der Waals surface area contributed by atoms with E-state index >= 15 is 0 Å². The summed E-state index contributed by atoms with van der Waals surface area (Å²) in [6, 6.07) is 0. The molecule has 0 aromatic heterocycles. The van der Waals surface area contributed by atoms with Crippen LogP contribution in [0.3, 0.4) is 0 Å². The van der Waals surface area contributed by atoms with E-state index in [4.69, 9.17) is 14.2 Å². The fraction of sp³-hybridized carbons (Fsp3) is 0.845. The van der Waals surface area contributed by atoms with E-state index < -0.39 is 6.10 Å². The highest BCUT2D eigenvalue weighted by Crippen LogP contribution is 2.18. The molecule has 77 heavy (non-hydrogen) atoms. The molecular formula is C71H130O6. The largest absolute Gasteiger partial charge is 0.462 e. The third-order valence-corrected chi connectivity index (χ3v) is 15.3. The monoisotopic (exact) mass is 1080 g/mol. The molecule has 0 aliphatic carbocycles. The lowest BCUT2D eigenvalue weighted by molar-refractivity contribution is -0.167. The zero-order chi connectivity index (χ0) is 55.7. The van der Waals surface area contributed by atoms with E-state index in [0.717, 1.165) is 77.0 Å². The van der Waals surface area contributed by atoms with Gasteiger partial charge in [-0.25, -0.2) is 0 Å². The predicted octanol–water partition coefficient (Wildman–Crippen LogP) is 23.3. The summed E-state index contributed by atoms with van der Waals surface area (Å²) >= 11 is 0. The molecule has 0 saturated carbocycles. The van der Waals surface area contributed by atoms with E-state index in [9.17, 15) is 14.4 Å². The molecule has 0 spiro atoms. The van der Waals surface area contributed by atoms with Crippen LogP contribution in [0.1, 0.15) is 367 Å². The van der Waals surface area contributed by atoms with Gasteiger partial charge in [0.15, 0.2) is 6.10 Å². The van der Waals surface area contributed by atoms with Crippen LogP contribution in [-0.4, -0.2) is 37.2 Å². The first-order valence-electron chi connectivity index (χ1n) is 34.1. The van der Waals surface area contributed by atoms with Gasteiger partial charge in [-0.3, -0.25) is 14.4 Å². The van der Waals surface area contributed by atoms with Gasteiger partial charge in [0.25, 0.3) is 0 Å². The molecule has 6 nitrogen and oxygen atoms in total. The zero-order valence-electron chi connectivity index (χ0n) is 51.7. The highest BCUT2D eigenvalue weighted by atomic mass is 16.6. The molecule has 0 heterocycles. The third kappa shape index (κ3) is 64.1. The van der Waals surface area contributed by atoms with Crippen LogP contribution >= 0.6 is 0 Å². The molecule has 0 aromatic rings. The Labute approximate surface area is 479 Å². The minimum absolute atomic E-state index is 0.0716. The van der Waals surface area contributed by atoms with E-state index in [-0.39, 0.29) is 31.1 Å². The SMILES string of the molecule is CCCC/C=C\CCCCCCCC(=O)OCC(COC(=O)CCCCCCCCCCCCCCCC/C=C\C/C=C\C/C=C\CCCCCCC)OC(=O)CCCCCCCCCCCCCCCCCCCCC. The van der Waals surface area contributed by atoms with E-state index in [1.54, 1.807) is 0 Å². The van der Waals surface area contributed by atoms with Crippen LogP contribution < -0.4 is 0 Å². The van der Waals surface area contributed by atoms with Crippen molar-refractivity contribution in [2.45, 2.75) is 374 Å². The van der Waals surface area contributed by atoms with Gasteiger partial charge >= 0.3 is 17.9 Å². The van der Waals surface area contributed by atoms with Crippen molar-refractivity contribution in [3.05, 3.63) is 48.6 Å². The van der Waals surface area contributed by atoms with E-state index in [1.807, 2.05) is 0 Å². The molecule has 6 heteroatoms. The number of carbonyl (C=O) groups is 3. The minimum Gasteiger partial charge on any atom is -0.462 e. The summed E-state index contributed by atoms with van der Waals surface area (Å²) in [6.45, 7) is 6.64. The van der Waals surface area contributed by atoms with Crippen LogP contribution in [0.4, 0.5) is 0 Å². The molecule has 1 atom stereocenters. The number of unbranched alkanes of at least 4 members (excludes halogenated alkanes) is 44. The number of carbonyl (C=O) groups excluding carboxylic acids is 3. The molecule has 0 radical (unpaired) electrons. The van der Waals surface area contributed by atoms with Crippen LogP contribution in [0.15, 0.2) is 48.6 Å². The first kappa shape index (κ1) is 74.4. The number of rotatable bonds is 63. The molecule has 0 N–H and O–H groups in total. The highest BCUT2D eigenvalue weighted by Gasteiger charge is 2.19. The Morgan fingerprint density at radius 1 is 0.260 bits per heavy atom. The Hall–Kier alpha value is -2.63. The van der Waals surface area contributed by atoms with Crippen LogP contribution in [-0.2, 0) is 28.6 Å². The molecular weight excluding hydrogens is 949 g/mol. The lowest BCUT2D eigenvalue weighted by Crippen LogP contribution is -2.30. The molecule has 0 rings (SSSR count). The van der Waals surface area contributed by atoms with Crippen molar-refractivity contribution >= 4 is 17.9 Å². The number of hydrogen-bond donors (Lipinski definition) is 0. The topological polar surface area (TPSA) is 78.9 Å².